The molecule has 1 aromatic carbocycles. The van der Waals surface area contributed by atoms with Crippen molar-refractivity contribution in [1.29, 1.82) is 0 Å². The normalized spacial score (nSPS) is 19.8. The summed E-state index contributed by atoms with van der Waals surface area (Å²) in [7, 11) is 0. The van der Waals surface area contributed by atoms with E-state index in [1.807, 2.05) is 6.92 Å². The van der Waals surface area contributed by atoms with Crippen molar-refractivity contribution < 1.29 is 9.47 Å². The summed E-state index contributed by atoms with van der Waals surface area (Å²) < 4.78 is 11.7. The van der Waals surface area contributed by atoms with Crippen molar-refractivity contribution in [2.24, 2.45) is 5.73 Å². The highest BCUT2D eigenvalue weighted by Crippen LogP contribution is 2.37. The Balaban J connectivity index is 2.33. The molecule has 3 N–H and O–H groups in total. The van der Waals surface area contributed by atoms with Gasteiger partial charge in [0.15, 0.2) is 0 Å². The van der Waals surface area contributed by atoms with Gasteiger partial charge in [0.25, 0.3) is 0 Å². The molecule has 0 aliphatic carbocycles. The molecule has 0 bridgehead atoms. The first-order chi connectivity index (χ1) is 10.1. The summed E-state index contributed by atoms with van der Waals surface area (Å²) in [4.78, 5) is 0. The summed E-state index contributed by atoms with van der Waals surface area (Å²) in [5.74, 6) is 1.91. The molecule has 118 valence electrons. The first-order valence-electron chi connectivity index (χ1n) is 8.01. The average molecular weight is 292 g/mol. The van der Waals surface area contributed by atoms with Gasteiger partial charge in [-0.3, -0.25) is 0 Å². The molecule has 0 aromatic heterocycles. The van der Waals surface area contributed by atoms with Gasteiger partial charge in [0, 0.05) is 36.2 Å². The molecule has 1 aliphatic heterocycles. The summed E-state index contributed by atoms with van der Waals surface area (Å²) in [6.45, 7) is 9.65. The number of ether oxygens (including phenoxy) is 2. The highest BCUT2D eigenvalue weighted by Gasteiger charge is 2.25. The molecule has 0 saturated heterocycles. The van der Waals surface area contributed by atoms with Gasteiger partial charge in [-0.2, -0.15) is 0 Å². The number of hydrogen-bond donors (Lipinski definition) is 2. The van der Waals surface area contributed by atoms with Crippen molar-refractivity contribution >= 4 is 0 Å². The average Bonchev–Trinajstić information content (AvgIpc) is 2.83. The number of benzene rings is 1. The van der Waals surface area contributed by atoms with Crippen molar-refractivity contribution in [3.8, 4) is 11.5 Å². The molecule has 4 heteroatoms. The van der Waals surface area contributed by atoms with Crippen LogP contribution < -0.4 is 20.5 Å². The van der Waals surface area contributed by atoms with Gasteiger partial charge < -0.3 is 20.5 Å². The topological polar surface area (TPSA) is 56.5 Å². The maximum atomic E-state index is 5.99. The molecule has 1 aliphatic rings. The monoisotopic (exact) mass is 292 g/mol. The third kappa shape index (κ3) is 3.69. The Hall–Kier alpha value is -1.26. The molecule has 0 saturated carbocycles. The number of hydrogen-bond acceptors (Lipinski definition) is 4. The molecule has 21 heavy (non-hydrogen) atoms. The zero-order chi connectivity index (χ0) is 15.4. The van der Waals surface area contributed by atoms with E-state index in [-0.39, 0.29) is 12.1 Å². The molecule has 2 rings (SSSR count). The number of rotatable bonds is 7. The van der Waals surface area contributed by atoms with Crippen LogP contribution in [0.1, 0.15) is 51.3 Å². The SMILES string of the molecule is CCOc1cc2c(cc1C(CN)NC(C)CC)OC(C)C2. The zero-order valence-corrected chi connectivity index (χ0v) is 13.6. The fourth-order valence-electron chi connectivity index (χ4n) is 2.75. The van der Waals surface area contributed by atoms with Crippen LogP contribution in [0.25, 0.3) is 0 Å². The Kier molecular flexibility index (Phi) is 5.48. The minimum absolute atomic E-state index is 0.0892. The summed E-state index contributed by atoms with van der Waals surface area (Å²) in [6, 6.07) is 4.74. The lowest BCUT2D eigenvalue weighted by Crippen LogP contribution is -2.34. The van der Waals surface area contributed by atoms with Crippen molar-refractivity contribution in [2.75, 3.05) is 13.2 Å². The van der Waals surface area contributed by atoms with Crippen LogP contribution in [-0.2, 0) is 6.42 Å². The van der Waals surface area contributed by atoms with Crippen LogP contribution in [0.5, 0.6) is 11.5 Å². The Bertz CT molecular complexity index is 476. The Labute approximate surface area is 128 Å². The predicted octanol–water partition coefficient (Wildman–Crippen LogP) is 2.80. The van der Waals surface area contributed by atoms with Crippen LogP contribution >= 0.6 is 0 Å². The van der Waals surface area contributed by atoms with E-state index in [0.717, 1.165) is 29.9 Å². The Morgan fingerprint density at radius 3 is 2.81 bits per heavy atom. The van der Waals surface area contributed by atoms with E-state index >= 15 is 0 Å². The van der Waals surface area contributed by atoms with Gasteiger partial charge in [0.05, 0.1) is 6.61 Å². The highest BCUT2D eigenvalue weighted by atomic mass is 16.5. The standard InChI is InChI=1S/C17H28N2O2/c1-5-11(3)19-15(10-18)14-9-16-13(7-12(4)21-16)8-17(14)20-6-2/h8-9,11-12,15,19H,5-7,10,18H2,1-4H3. The van der Waals surface area contributed by atoms with Crippen LogP contribution in [0, 0.1) is 0 Å². The summed E-state index contributed by atoms with van der Waals surface area (Å²) in [5.41, 5.74) is 8.32. The van der Waals surface area contributed by atoms with E-state index < -0.39 is 0 Å². The van der Waals surface area contributed by atoms with E-state index in [1.165, 1.54) is 5.56 Å². The Morgan fingerprint density at radius 1 is 1.43 bits per heavy atom. The minimum atomic E-state index is 0.0892. The van der Waals surface area contributed by atoms with E-state index in [1.54, 1.807) is 0 Å². The van der Waals surface area contributed by atoms with Crippen LogP contribution in [0.2, 0.25) is 0 Å². The second kappa shape index (κ2) is 7.14. The van der Waals surface area contributed by atoms with Gasteiger partial charge in [-0.15, -0.1) is 0 Å². The molecular formula is C17H28N2O2. The number of nitrogens with two attached hydrogens (primary N) is 1. The molecular weight excluding hydrogens is 264 g/mol. The van der Waals surface area contributed by atoms with Gasteiger partial charge in [0.1, 0.15) is 17.6 Å². The quantitative estimate of drug-likeness (QED) is 0.811. The third-order valence-electron chi connectivity index (χ3n) is 4.04. The summed E-state index contributed by atoms with van der Waals surface area (Å²) in [6.07, 6.45) is 2.25. The van der Waals surface area contributed by atoms with Gasteiger partial charge in [-0.1, -0.05) is 6.92 Å². The molecule has 0 amide bonds. The van der Waals surface area contributed by atoms with Crippen molar-refractivity contribution in [1.82, 2.24) is 5.32 Å². The van der Waals surface area contributed by atoms with Crippen LogP contribution in [0.4, 0.5) is 0 Å². The van der Waals surface area contributed by atoms with Crippen LogP contribution in [0.3, 0.4) is 0 Å². The summed E-state index contributed by atoms with van der Waals surface area (Å²) in [5, 5.41) is 3.57. The largest absolute Gasteiger partial charge is 0.494 e. The maximum Gasteiger partial charge on any atom is 0.124 e. The third-order valence-corrected chi connectivity index (χ3v) is 4.04. The molecule has 4 nitrogen and oxygen atoms in total. The number of nitrogens with one attached hydrogen (secondary N) is 1. The molecule has 0 fully saturated rings. The van der Waals surface area contributed by atoms with Gasteiger partial charge in [-0.05, 0) is 39.3 Å². The molecule has 0 spiro atoms. The van der Waals surface area contributed by atoms with E-state index in [9.17, 15) is 0 Å². The maximum absolute atomic E-state index is 5.99. The van der Waals surface area contributed by atoms with Crippen molar-refractivity contribution in [3.05, 3.63) is 23.3 Å². The van der Waals surface area contributed by atoms with Crippen LogP contribution in [0.15, 0.2) is 12.1 Å². The molecule has 3 unspecified atom stereocenters. The lowest BCUT2D eigenvalue weighted by molar-refractivity contribution is 0.254. The Morgan fingerprint density at radius 2 is 2.19 bits per heavy atom. The molecule has 1 heterocycles. The first-order valence-corrected chi connectivity index (χ1v) is 8.01. The first kappa shape index (κ1) is 16.1. The van der Waals surface area contributed by atoms with Crippen molar-refractivity contribution in [3.63, 3.8) is 0 Å². The van der Waals surface area contributed by atoms with E-state index in [2.05, 4.69) is 38.2 Å². The van der Waals surface area contributed by atoms with Gasteiger partial charge in [0.2, 0.25) is 0 Å². The van der Waals surface area contributed by atoms with E-state index in [4.69, 9.17) is 15.2 Å². The lowest BCUT2D eigenvalue weighted by Gasteiger charge is -2.24. The predicted molar refractivity (Wildman–Crippen MR) is 86.1 cm³/mol. The van der Waals surface area contributed by atoms with Crippen LogP contribution in [-0.4, -0.2) is 25.3 Å². The summed E-state index contributed by atoms with van der Waals surface area (Å²) >= 11 is 0. The zero-order valence-electron chi connectivity index (χ0n) is 13.6. The fourth-order valence-corrected chi connectivity index (χ4v) is 2.75. The smallest absolute Gasteiger partial charge is 0.124 e. The van der Waals surface area contributed by atoms with E-state index in [0.29, 0.717) is 19.2 Å². The highest BCUT2D eigenvalue weighted by molar-refractivity contribution is 5.50. The second-order valence-electron chi connectivity index (χ2n) is 5.83. The lowest BCUT2D eigenvalue weighted by atomic mass is 10.00. The van der Waals surface area contributed by atoms with Crippen molar-refractivity contribution in [2.45, 2.75) is 58.7 Å². The van der Waals surface area contributed by atoms with Gasteiger partial charge >= 0.3 is 0 Å². The minimum Gasteiger partial charge on any atom is -0.494 e. The molecule has 1 aromatic rings. The fraction of sp³-hybridized carbons (Fsp3) is 0.647. The second-order valence-corrected chi connectivity index (χ2v) is 5.83. The molecule has 0 radical (unpaired) electrons. The number of fused-ring (bicyclic) bond motifs is 1. The molecule has 3 atom stereocenters. The van der Waals surface area contributed by atoms with Gasteiger partial charge in [-0.25, -0.2) is 0 Å².